The van der Waals surface area contributed by atoms with Gasteiger partial charge in [0, 0.05) is 70.1 Å². The van der Waals surface area contributed by atoms with Crippen LogP contribution in [0, 0.1) is 5.82 Å². The summed E-state index contributed by atoms with van der Waals surface area (Å²) in [5, 5.41) is 7.60. The fraction of sp³-hybridized carbons (Fsp3) is 0.432. The maximum atomic E-state index is 15.6. The normalized spacial score (nSPS) is 17.9. The smallest absolute Gasteiger partial charge is 0.302 e. The van der Waals surface area contributed by atoms with Crippen molar-refractivity contribution in [3.05, 3.63) is 81.3 Å². The van der Waals surface area contributed by atoms with E-state index in [1.54, 1.807) is 11.1 Å². The van der Waals surface area contributed by atoms with Crippen molar-refractivity contribution in [1.29, 1.82) is 0 Å². The van der Waals surface area contributed by atoms with E-state index in [-0.39, 0.29) is 23.9 Å². The zero-order chi connectivity index (χ0) is 35.2. The molecule has 13 nitrogen and oxygen atoms in total. The average molecular weight is 697 g/mol. The van der Waals surface area contributed by atoms with Crippen LogP contribution >= 0.6 is 0 Å². The minimum absolute atomic E-state index is 0.181. The molecule has 1 amide bonds. The molecular weight excluding hydrogens is 655 g/mol. The number of carbonyl (C=O) groups excluding carboxylic acids is 2. The molecule has 1 aliphatic carbocycles. The molecule has 1 N–H and O–H groups in total. The number of nitrogens with zero attached hydrogens (tertiary/aromatic N) is 7. The zero-order valence-corrected chi connectivity index (χ0v) is 28.9. The first-order valence-corrected chi connectivity index (χ1v) is 17.6. The Balaban J connectivity index is 1.09. The Morgan fingerprint density at radius 1 is 1.02 bits per heavy atom. The van der Waals surface area contributed by atoms with Crippen molar-refractivity contribution in [3.8, 4) is 11.3 Å². The lowest BCUT2D eigenvalue weighted by atomic mass is 9.98. The second kappa shape index (κ2) is 13.6. The number of pyridine rings is 1. The molecule has 0 unspecified atom stereocenters. The van der Waals surface area contributed by atoms with Crippen LogP contribution in [0.5, 0.6) is 0 Å². The highest BCUT2D eigenvalue weighted by Crippen LogP contribution is 2.37. The van der Waals surface area contributed by atoms with Crippen molar-refractivity contribution in [2.24, 2.45) is 7.05 Å². The van der Waals surface area contributed by atoms with Crippen molar-refractivity contribution in [2.75, 3.05) is 61.1 Å². The lowest BCUT2D eigenvalue weighted by molar-refractivity contribution is -0.142. The standard InChI is InChI=1S/C37H41FN8O5/c1-23(47)51-22-29-28(16-25(38)17-33(29)46-14-13-45-32-6-4-3-5-24(32)15-34(45)37(46)49)30-18-31(36(48)42(2)41-30)40-35-8-7-26(19-39-35)43-9-11-44(12-10-43)27-20-50-21-27/h7-8,15-19,27H,3-6,9-14,20-22H2,1-2H3,(H,39,40). The number of ether oxygens (including phenoxy) is 2. The first-order chi connectivity index (χ1) is 24.7. The van der Waals surface area contributed by atoms with Gasteiger partial charge in [0.2, 0.25) is 0 Å². The number of fused-ring (bicyclic) bond motifs is 3. The molecule has 3 aliphatic heterocycles. The van der Waals surface area contributed by atoms with Gasteiger partial charge in [0.05, 0.1) is 42.5 Å². The first-order valence-electron chi connectivity index (χ1n) is 17.6. The van der Waals surface area contributed by atoms with Crippen molar-refractivity contribution in [2.45, 2.75) is 51.8 Å². The molecule has 6 heterocycles. The highest BCUT2D eigenvalue weighted by atomic mass is 19.1. The molecule has 0 spiro atoms. The molecule has 8 rings (SSSR count). The third-order valence-electron chi connectivity index (χ3n) is 10.5. The van der Waals surface area contributed by atoms with Crippen LogP contribution in [0.3, 0.4) is 0 Å². The fourth-order valence-corrected chi connectivity index (χ4v) is 7.68. The summed E-state index contributed by atoms with van der Waals surface area (Å²) in [7, 11) is 1.51. The molecule has 51 heavy (non-hydrogen) atoms. The average Bonchev–Trinajstić information content (AvgIpc) is 3.49. The Hall–Kier alpha value is -5.08. The van der Waals surface area contributed by atoms with Gasteiger partial charge in [0.1, 0.15) is 29.6 Å². The topological polar surface area (TPSA) is 127 Å². The first kappa shape index (κ1) is 33.1. The van der Waals surface area contributed by atoms with E-state index in [0.717, 1.165) is 70.8 Å². The van der Waals surface area contributed by atoms with E-state index in [1.165, 1.54) is 48.1 Å². The van der Waals surface area contributed by atoms with Gasteiger partial charge < -0.3 is 29.2 Å². The zero-order valence-electron chi connectivity index (χ0n) is 28.9. The van der Waals surface area contributed by atoms with Gasteiger partial charge in [-0.15, -0.1) is 0 Å². The van der Waals surface area contributed by atoms with Crippen molar-refractivity contribution in [1.82, 2.24) is 24.2 Å². The molecule has 3 aromatic heterocycles. The fourth-order valence-electron chi connectivity index (χ4n) is 7.68. The van der Waals surface area contributed by atoms with Gasteiger partial charge in [-0.2, -0.15) is 5.10 Å². The summed E-state index contributed by atoms with van der Waals surface area (Å²) in [6, 6.07) is 10.4. The van der Waals surface area contributed by atoms with Crippen LogP contribution < -0.4 is 20.7 Å². The number of esters is 1. The van der Waals surface area contributed by atoms with E-state index in [0.29, 0.717) is 47.5 Å². The summed E-state index contributed by atoms with van der Waals surface area (Å²) in [6.45, 7) is 7.29. The minimum atomic E-state index is -0.594. The number of hydrogen-bond acceptors (Lipinski definition) is 10. The molecule has 0 saturated carbocycles. The lowest BCUT2D eigenvalue weighted by Gasteiger charge is -2.43. The number of anilines is 4. The van der Waals surface area contributed by atoms with E-state index in [9.17, 15) is 14.4 Å². The number of hydrogen-bond donors (Lipinski definition) is 1. The van der Waals surface area contributed by atoms with Crippen LogP contribution in [-0.4, -0.2) is 88.1 Å². The van der Waals surface area contributed by atoms with E-state index in [1.807, 2.05) is 18.2 Å². The van der Waals surface area contributed by atoms with Gasteiger partial charge in [0.15, 0.2) is 0 Å². The molecule has 266 valence electrons. The van der Waals surface area contributed by atoms with E-state index in [2.05, 4.69) is 29.8 Å². The SMILES string of the molecule is CC(=O)OCc1c(-c2cc(Nc3ccc(N4CCN(C5COC5)CC4)cn3)c(=O)n(C)n2)cc(F)cc1N1CCn2c(cc3c2CCCC3)C1=O. The highest BCUT2D eigenvalue weighted by molar-refractivity contribution is 6.07. The Morgan fingerprint density at radius 2 is 1.82 bits per heavy atom. The third kappa shape index (κ3) is 6.38. The predicted molar refractivity (Wildman–Crippen MR) is 189 cm³/mol. The van der Waals surface area contributed by atoms with Crippen molar-refractivity contribution >= 4 is 34.8 Å². The second-order valence-corrected chi connectivity index (χ2v) is 13.7. The van der Waals surface area contributed by atoms with Gasteiger partial charge in [-0.25, -0.2) is 14.1 Å². The molecule has 4 aromatic rings. The van der Waals surface area contributed by atoms with Crippen LogP contribution in [0.15, 0.2) is 47.4 Å². The van der Waals surface area contributed by atoms with Gasteiger partial charge in [-0.1, -0.05) is 0 Å². The van der Waals surface area contributed by atoms with Crippen LogP contribution in [0.1, 0.15) is 47.1 Å². The number of amides is 1. The summed E-state index contributed by atoms with van der Waals surface area (Å²) in [4.78, 5) is 50.2. The number of aryl methyl sites for hydroxylation is 2. The third-order valence-corrected chi connectivity index (χ3v) is 10.5. The molecule has 14 heteroatoms. The van der Waals surface area contributed by atoms with E-state index in [4.69, 9.17) is 9.47 Å². The summed E-state index contributed by atoms with van der Waals surface area (Å²) >= 11 is 0. The second-order valence-electron chi connectivity index (χ2n) is 13.7. The van der Waals surface area contributed by atoms with Crippen LogP contribution in [0.25, 0.3) is 11.3 Å². The van der Waals surface area contributed by atoms with Gasteiger partial charge in [-0.3, -0.25) is 19.3 Å². The van der Waals surface area contributed by atoms with Crippen LogP contribution in [0.4, 0.5) is 27.3 Å². The van der Waals surface area contributed by atoms with Gasteiger partial charge in [0.25, 0.3) is 11.5 Å². The largest absolute Gasteiger partial charge is 0.461 e. The van der Waals surface area contributed by atoms with Crippen LogP contribution in [0.2, 0.25) is 0 Å². The number of rotatable bonds is 8. The summed E-state index contributed by atoms with van der Waals surface area (Å²) in [6.07, 6.45) is 5.84. The maximum Gasteiger partial charge on any atom is 0.302 e. The lowest BCUT2D eigenvalue weighted by Crippen LogP contribution is -2.56. The number of aromatic nitrogens is 4. The Kier molecular flexibility index (Phi) is 8.80. The predicted octanol–water partition coefficient (Wildman–Crippen LogP) is 3.65. The Labute approximate surface area is 294 Å². The summed E-state index contributed by atoms with van der Waals surface area (Å²) < 4.78 is 29.6. The molecule has 0 atom stereocenters. The molecule has 1 aromatic carbocycles. The molecule has 0 bridgehead atoms. The number of benzene rings is 1. The van der Waals surface area contributed by atoms with Gasteiger partial charge >= 0.3 is 5.97 Å². The maximum absolute atomic E-state index is 15.6. The van der Waals surface area contributed by atoms with Gasteiger partial charge in [-0.05, 0) is 67.6 Å². The Bertz CT molecular complexity index is 2050. The molecule has 2 fully saturated rings. The van der Waals surface area contributed by atoms with Crippen molar-refractivity contribution in [3.63, 3.8) is 0 Å². The highest BCUT2D eigenvalue weighted by Gasteiger charge is 2.33. The molecule has 4 aliphatic rings. The quantitative estimate of drug-likeness (QED) is 0.273. The summed E-state index contributed by atoms with van der Waals surface area (Å²) in [5.41, 5.74) is 5.02. The van der Waals surface area contributed by atoms with E-state index >= 15 is 4.39 Å². The van der Waals surface area contributed by atoms with Crippen LogP contribution in [-0.2, 0) is 47.3 Å². The summed E-state index contributed by atoms with van der Waals surface area (Å²) in [5.74, 6) is -0.897. The molecular formula is C37H41FN8O5. The van der Waals surface area contributed by atoms with E-state index < -0.39 is 17.3 Å². The molecule has 0 radical (unpaired) electrons. The monoisotopic (exact) mass is 696 g/mol. The number of piperazine rings is 1. The molecule has 2 saturated heterocycles. The van der Waals surface area contributed by atoms with Crippen molar-refractivity contribution < 1.29 is 23.5 Å². The number of carbonyl (C=O) groups is 2. The Morgan fingerprint density at radius 3 is 2.55 bits per heavy atom. The number of nitrogens with one attached hydrogen (secondary N) is 1. The number of halogens is 1. The minimum Gasteiger partial charge on any atom is -0.461 e.